The predicted molar refractivity (Wildman–Crippen MR) is 73.2 cm³/mol. The first-order chi connectivity index (χ1) is 8.41. The number of nitrogens with one attached hydrogen (secondary N) is 2. The van der Waals surface area contributed by atoms with Crippen molar-refractivity contribution in [3.63, 3.8) is 0 Å². The molecule has 18 heavy (non-hydrogen) atoms. The molecule has 1 aromatic rings. The predicted octanol–water partition coefficient (Wildman–Crippen LogP) is 2.72. The Balaban J connectivity index is 2.86. The van der Waals surface area contributed by atoms with Crippen LogP contribution in [0.25, 0.3) is 0 Å². The number of hydrogen-bond donors (Lipinski definition) is 3. The van der Waals surface area contributed by atoms with Gasteiger partial charge in [0, 0.05) is 4.48 Å². The number of aromatic carboxylic acids is 1. The van der Waals surface area contributed by atoms with Gasteiger partial charge < -0.3 is 15.7 Å². The van der Waals surface area contributed by atoms with Crippen molar-refractivity contribution >= 4 is 33.6 Å². The zero-order valence-electron chi connectivity index (χ0n) is 9.79. The summed E-state index contributed by atoms with van der Waals surface area (Å²) in [5.41, 5.74) is 1.04. The quantitative estimate of drug-likeness (QED) is 0.800. The molecular weight excluding hydrogens is 300 g/mol. The van der Waals surface area contributed by atoms with Crippen molar-refractivity contribution in [1.29, 1.82) is 0 Å². The maximum atomic E-state index is 11.6. The van der Waals surface area contributed by atoms with Gasteiger partial charge in [-0.3, -0.25) is 0 Å². The summed E-state index contributed by atoms with van der Waals surface area (Å²) >= 11 is 3.11. The number of hydrogen-bond acceptors (Lipinski definition) is 2. The van der Waals surface area contributed by atoms with Crippen LogP contribution in [0.3, 0.4) is 0 Å². The number of carboxylic acid groups (broad SMARTS) is 1. The molecule has 2 amide bonds. The number of anilines is 1. The molecule has 0 radical (unpaired) electrons. The molecule has 0 aromatic heterocycles. The lowest BCUT2D eigenvalue weighted by atomic mass is 10.1. The van der Waals surface area contributed by atoms with Gasteiger partial charge in [-0.05, 0) is 18.6 Å². The number of carboxylic acids is 1. The van der Waals surface area contributed by atoms with Gasteiger partial charge in [0.1, 0.15) is 0 Å². The standard InChI is InChI=1S/C12H13BrN2O3/c1-7-4-3-5-9(11(16)17)10(7)15-12(18)14-6-8(2)13/h3-5H,2,6H2,1H3,(H,16,17)(H2,14,15,18). The molecule has 0 unspecified atom stereocenters. The first-order valence-corrected chi connectivity index (χ1v) is 5.92. The van der Waals surface area contributed by atoms with E-state index in [2.05, 4.69) is 33.1 Å². The zero-order chi connectivity index (χ0) is 13.7. The van der Waals surface area contributed by atoms with Crippen LogP contribution < -0.4 is 10.6 Å². The summed E-state index contributed by atoms with van der Waals surface area (Å²) < 4.78 is 0.626. The highest BCUT2D eigenvalue weighted by atomic mass is 79.9. The third-order valence-electron chi connectivity index (χ3n) is 2.18. The Hall–Kier alpha value is -1.82. The number of amides is 2. The average molecular weight is 313 g/mol. The van der Waals surface area contributed by atoms with Crippen molar-refractivity contribution in [2.75, 3.05) is 11.9 Å². The lowest BCUT2D eigenvalue weighted by Gasteiger charge is -2.12. The molecule has 1 aromatic carbocycles. The fourth-order valence-corrected chi connectivity index (χ4v) is 1.49. The minimum atomic E-state index is -1.08. The highest BCUT2D eigenvalue weighted by molar-refractivity contribution is 9.11. The Morgan fingerprint density at radius 1 is 1.44 bits per heavy atom. The van der Waals surface area contributed by atoms with E-state index in [1.807, 2.05) is 0 Å². The van der Waals surface area contributed by atoms with Gasteiger partial charge in [0.2, 0.25) is 0 Å². The van der Waals surface area contributed by atoms with E-state index >= 15 is 0 Å². The summed E-state index contributed by atoms with van der Waals surface area (Å²) in [4.78, 5) is 22.6. The number of aryl methyl sites for hydroxylation is 1. The van der Waals surface area contributed by atoms with Gasteiger partial charge >= 0.3 is 12.0 Å². The molecule has 5 nitrogen and oxygen atoms in total. The normalized spacial score (nSPS) is 9.67. The average Bonchev–Trinajstić information content (AvgIpc) is 2.28. The fraction of sp³-hybridized carbons (Fsp3) is 0.167. The van der Waals surface area contributed by atoms with Crippen molar-refractivity contribution < 1.29 is 14.7 Å². The Kier molecular flexibility index (Phi) is 4.91. The molecule has 0 heterocycles. The third kappa shape index (κ3) is 3.89. The van der Waals surface area contributed by atoms with Crippen LogP contribution in [0.2, 0.25) is 0 Å². The molecule has 96 valence electrons. The number of urea groups is 1. The molecule has 0 aliphatic rings. The van der Waals surface area contributed by atoms with Crippen LogP contribution in [0.1, 0.15) is 15.9 Å². The number of carbonyl (C=O) groups excluding carboxylic acids is 1. The van der Waals surface area contributed by atoms with Crippen molar-refractivity contribution in [3.05, 3.63) is 40.4 Å². The van der Waals surface area contributed by atoms with Crippen LogP contribution in [-0.2, 0) is 0 Å². The molecular formula is C12H13BrN2O3. The Morgan fingerprint density at radius 3 is 2.67 bits per heavy atom. The summed E-state index contributed by atoms with van der Waals surface area (Å²) in [5.74, 6) is -1.08. The number of halogens is 1. The summed E-state index contributed by atoms with van der Waals surface area (Å²) in [6.07, 6.45) is 0. The second-order valence-electron chi connectivity index (χ2n) is 3.63. The van der Waals surface area contributed by atoms with Gasteiger partial charge in [0.05, 0.1) is 17.8 Å². The molecule has 0 fully saturated rings. The van der Waals surface area contributed by atoms with Crippen LogP contribution in [0.15, 0.2) is 29.3 Å². The summed E-state index contributed by atoms with van der Waals surface area (Å²) in [7, 11) is 0. The van der Waals surface area contributed by atoms with Gasteiger partial charge in [-0.1, -0.05) is 34.6 Å². The van der Waals surface area contributed by atoms with Gasteiger partial charge in [0.25, 0.3) is 0 Å². The number of benzene rings is 1. The largest absolute Gasteiger partial charge is 0.478 e. The lowest BCUT2D eigenvalue weighted by Crippen LogP contribution is -2.30. The summed E-state index contributed by atoms with van der Waals surface area (Å²) in [6.45, 7) is 5.57. The van der Waals surface area contributed by atoms with Crippen LogP contribution in [0.4, 0.5) is 10.5 Å². The van der Waals surface area contributed by atoms with Crippen LogP contribution in [-0.4, -0.2) is 23.7 Å². The van der Waals surface area contributed by atoms with E-state index in [-0.39, 0.29) is 12.1 Å². The van der Waals surface area contributed by atoms with Crippen molar-refractivity contribution in [1.82, 2.24) is 5.32 Å². The summed E-state index contributed by atoms with van der Waals surface area (Å²) in [6, 6.07) is 4.31. The molecule has 0 bridgehead atoms. The second kappa shape index (κ2) is 6.20. The molecule has 0 spiro atoms. The third-order valence-corrected chi connectivity index (χ3v) is 2.46. The fourth-order valence-electron chi connectivity index (χ4n) is 1.35. The molecule has 0 atom stereocenters. The van der Waals surface area contributed by atoms with Gasteiger partial charge in [-0.25, -0.2) is 9.59 Å². The zero-order valence-corrected chi connectivity index (χ0v) is 11.4. The minimum absolute atomic E-state index is 0.0582. The number of para-hydroxylation sites is 1. The summed E-state index contributed by atoms with van der Waals surface area (Å²) in [5, 5.41) is 14.1. The topological polar surface area (TPSA) is 78.4 Å². The Labute approximate surface area is 113 Å². The first kappa shape index (κ1) is 14.2. The van der Waals surface area contributed by atoms with E-state index in [0.717, 1.165) is 0 Å². The first-order valence-electron chi connectivity index (χ1n) is 5.13. The Bertz CT molecular complexity index is 500. The second-order valence-corrected chi connectivity index (χ2v) is 4.75. The van der Waals surface area contributed by atoms with E-state index in [9.17, 15) is 9.59 Å². The molecule has 0 aliphatic carbocycles. The van der Waals surface area contributed by atoms with E-state index in [1.54, 1.807) is 19.1 Å². The minimum Gasteiger partial charge on any atom is -0.478 e. The van der Waals surface area contributed by atoms with Crippen molar-refractivity contribution in [3.8, 4) is 0 Å². The van der Waals surface area contributed by atoms with E-state index in [0.29, 0.717) is 15.7 Å². The van der Waals surface area contributed by atoms with Crippen LogP contribution in [0, 0.1) is 6.92 Å². The van der Waals surface area contributed by atoms with Crippen LogP contribution in [0.5, 0.6) is 0 Å². The van der Waals surface area contributed by atoms with Gasteiger partial charge in [0.15, 0.2) is 0 Å². The van der Waals surface area contributed by atoms with Crippen molar-refractivity contribution in [2.24, 2.45) is 0 Å². The molecule has 1 rings (SSSR count). The molecule has 0 aliphatic heterocycles. The highest BCUT2D eigenvalue weighted by Crippen LogP contribution is 2.20. The maximum absolute atomic E-state index is 11.6. The molecule has 6 heteroatoms. The molecule has 3 N–H and O–H groups in total. The highest BCUT2D eigenvalue weighted by Gasteiger charge is 2.14. The van der Waals surface area contributed by atoms with Gasteiger partial charge in [-0.15, -0.1) is 0 Å². The molecule has 0 saturated heterocycles. The smallest absolute Gasteiger partial charge is 0.337 e. The maximum Gasteiger partial charge on any atom is 0.337 e. The van der Waals surface area contributed by atoms with E-state index < -0.39 is 12.0 Å². The van der Waals surface area contributed by atoms with Crippen LogP contribution >= 0.6 is 15.9 Å². The number of rotatable bonds is 4. The lowest BCUT2D eigenvalue weighted by molar-refractivity contribution is 0.0698. The van der Waals surface area contributed by atoms with E-state index in [4.69, 9.17) is 5.11 Å². The van der Waals surface area contributed by atoms with E-state index in [1.165, 1.54) is 6.07 Å². The Morgan fingerprint density at radius 2 is 2.11 bits per heavy atom. The molecule has 0 saturated carbocycles. The monoisotopic (exact) mass is 312 g/mol. The SMILES string of the molecule is C=C(Br)CNC(=O)Nc1c(C)cccc1C(=O)O. The van der Waals surface area contributed by atoms with Crippen molar-refractivity contribution in [2.45, 2.75) is 6.92 Å². The van der Waals surface area contributed by atoms with Gasteiger partial charge in [-0.2, -0.15) is 0 Å². The number of carbonyl (C=O) groups is 2.